The van der Waals surface area contributed by atoms with E-state index in [9.17, 15) is 0 Å². The van der Waals surface area contributed by atoms with E-state index in [1.165, 1.54) is 6.42 Å². The van der Waals surface area contributed by atoms with Crippen LogP contribution in [0.15, 0.2) is 6.33 Å². The van der Waals surface area contributed by atoms with Crippen LogP contribution in [-0.4, -0.2) is 23.1 Å². The third-order valence-corrected chi connectivity index (χ3v) is 3.91. The maximum atomic E-state index is 5.46. The second kappa shape index (κ2) is 4.72. The summed E-state index contributed by atoms with van der Waals surface area (Å²) in [5.41, 5.74) is 4.00. The minimum atomic E-state index is 0.352. The molecule has 5 heteroatoms. The van der Waals surface area contributed by atoms with Crippen molar-refractivity contribution in [1.82, 2.24) is 9.97 Å². The number of hydrazine groups is 1. The fourth-order valence-electron chi connectivity index (χ4n) is 2.56. The van der Waals surface area contributed by atoms with Crippen molar-refractivity contribution < 1.29 is 0 Å². The molecule has 18 heavy (non-hydrogen) atoms. The summed E-state index contributed by atoms with van der Waals surface area (Å²) in [5.74, 6) is 7.88. The van der Waals surface area contributed by atoms with Gasteiger partial charge in [0.25, 0.3) is 0 Å². The van der Waals surface area contributed by atoms with E-state index in [4.69, 9.17) is 5.84 Å². The zero-order valence-electron chi connectivity index (χ0n) is 11.7. The second-order valence-corrected chi connectivity index (χ2v) is 6.11. The van der Waals surface area contributed by atoms with Crippen molar-refractivity contribution in [2.45, 2.75) is 34.1 Å². The van der Waals surface area contributed by atoms with Gasteiger partial charge in [-0.25, -0.2) is 15.8 Å². The van der Waals surface area contributed by atoms with Gasteiger partial charge < -0.3 is 10.3 Å². The summed E-state index contributed by atoms with van der Waals surface area (Å²) in [6.45, 7) is 11.0. The van der Waals surface area contributed by atoms with E-state index in [-0.39, 0.29) is 0 Å². The van der Waals surface area contributed by atoms with Gasteiger partial charge in [-0.15, -0.1) is 0 Å². The van der Waals surface area contributed by atoms with Gasteiger partial charge in [0.05, 0.1) is 0 Å². The average molecular weight is 249 g/mol. The lowest BCUT2D eigenvalue weighted by Gasteiger charge is -2.27. The van der Waals surface area contributed by atoms with Crippen molar-refractivity contribution in [1.29, 1.82) is 0 Å². The Morgan fingerprint density at radius 3 is 2.67 bits per heavy atom. The number of hydrogen-bond acceptors (Lipinski definition) is 5. The molecule has 0 bridgehead atoms. The van der Waals surface area contributed by atoms with E-state index in [0.29, 0.717) is 17.2 Å². The molecule has 0 aromatic carbocycles. The standard InChI is InChI=1S/C13H23N5/c1-9-11(17-14)15-8-16-12(9)18-6-5-10(7-18)13(2,3)4/h8,10H,5-7,14H2,1-4H3,(H,15,16,17). The summed E-state index contributed by atoms with van der Waals surface area (Å²) in [7, 11) is 0. The molecular weight excluding hydrogens is 226 g/mol. The molecule has 1 aromatic heterocycles. The maximum Gasteiger partial charge on any atom is 0.148 e. The van der Waals surface area contributed by atoms with Crippen LogP contribution in [-0.2, 0) is 0 Å². The van der Waals surface area contributed by atoms with E-state index < -0.39 is 0 Å². The van der Waals surface area contributed by atoms with Gasteiger partial charge in [-0.1, -0.05) is 20.8 Å². The highest BCUT2D eigenvalue weighted by molar-refractivity contribution is 5.57. The van der Waals surface area contributed by atoms with Crippen LogP contribution in [0.1, 0.15) is 32.8 Å². The molecule has 3 N–H and O–H groups in total. The van der Waals surface area contributed by atoms with E-state index in [2.05, 4.69) is 41.1 Å². The molecule has 2 heterocycles. The van der Waals surface area contributed by atoms with Crippen molar-refractivity contribution in [2.24, 2.45) is 17.2 Å². The molecule has 0 saturated carbocycles. The SMILES string of the molecule is Cc1c(NN)ncnc1N1CCC(C(C)(C)C)C1. The monoisotopic (exact) mass is 249 g/mol. The third kappa shape index (κ3) is 2.41. The predicted molar refractivity (Wildman–Crippen MR) is 74.4 cm³/mol. The normalized spacial score (nSPS) is 20.3. The van der Waals surface area contributed by atoms with E-state index >= 15 is 0 Å². The number of nitrogens with zero attached hydrogens (tertiary/aromatic N) is 3. The van der Waals surface area contributed by atoms with Crippen molar-refractivity contribution >= 4 is 11.6 Å². The third-order valence-electron chi connectivity index (χ3n) is 3.91. The van der Waals surface area contributed by atoms with Crippen LogP contribution in [0.25, 0.3) is 0 Å². The summed E-state index contributed by atoms with van der Waals surface area (Å²) < 4.78 is 0. The topological polar surface area (TPSA) is 67.1 Å². The highest BCUT2D eigenvalue weighted by Crippen LogP contribution is 2.36. The maximum absolute atomic E-state index is 5.46. The summed E-state index contributed by atoms with van der Waals surface area (Å²) in [6, 6.07) is 0. The van der Waals surface area contributed by atoms with Crippen LogP contribution in [0.2, 0.25) is 0 Å². The Labute approximate surface area is 109 Å². The Morgan fingerprint density at radius 1 is 1.39 bits per heavy atom. The summed E-state index contributed by atoms with van der Waals surface area (Å²) >= 11 is 0. The van der Waals surface area contributed by atoms with Crippen LogP contribution in [0.3, 0.4) is 0 Å². The van der Waals surface area contributed by atoms with Gasteiger partial charge in [0, 0.05) is 18.7 Å². The highest BCUT2D eigenvalue weighted by atomic mass is 15.3. The number of nitrogens with one attached hydrogen (secondary N) is 1. The molecule has 0 amide bonds. The van der Waals surface area contributed by atoms with Crippen LogP contribution < -0.4 is 16.2 Å². The fraction of sp³-hybridized carbons (Fsp3) is 0.692. The van der Waals surface area contributed by atoms with Crippen molar-refractivity contribution in [2.75, 3.05) is 23.4 Å². The van der Waals surface area contributed by atoms with Crippen LogP contribution >= 0.6 is 0 Å². The molecule has 0 aliphatic carbocycles. The van der Waals surface area contributed by atoms with Crippen LogP contribution in [0.4, 0.5) is 11.6 Å². The zero-order valence-corrected chi connectivity index (χ0v) is 11.7. The second-order valence-electron chi connectivity index (χ2n) is 6.11. The lowest BCUT2D eigenvalue weighted by Crippen LogP contribution is -2.27. The number of aromatic nitrogens is 2. The first kappa shape index (κ1) is 13.1. The Balaban J connectivity index is 2.20. The van der Waals surface area contributed by atoms with Gasteiger partial charge in [0.1, 0.15) is 18.0 Å². The fourth-order valence-corrected chi connectivity index (χ4v) is 2.56. The number of nitrogens with two attached hydrogens (primary N) is 1. The molecule has 100 valence electrons. The molecule has 1 atom stereocenters. The Hall–Kier alpha value is -1.36. The minimum Gasteiger partial charge on any atom is -0.356 e. The predicted octanol–water partition coefficient (Wildman–Crippen LogP) is 1.94. The number of rotatable bonds is 2. The highest BCUT2D eigenvalue weighted by Gasteiger charge is 2.33. The van der Waals surface area contributed by atoms with Crippen molar-refractivity contribution in [3.05, 3.63) is 11.9 Å². The molecule has 5 nitrogen and oxygen atoms in total. The summed E-state index contributed by atoms with van der Waals surface area (Å²) in [5, 5.41) is 0. The first-order valence-electron chi connectivity index (χ1n) is 6.46. The van der Waals surface area contributed by atoms with E-state index in [1.807, 2.05) is 6.92 Å². The lowest BCUT2D eigenvalue weighted by atomic mass is 9.80. The summed E-state index contributed by atoms with van der Waals surface area (Å²) in [4.78, 5) is 10.9. The molecule has 1 aromatic rings. The lowest BCUT2D eigenvalue weighted by molar-refractivity contribution is 0.263. The Morgan fingerprint density at radius 2 is 2.11 bits per heavy atom. The molecule has 1 unspecified atom stereocenters. The molecule has 0 spiro atoms. The molecule has 1 saturated heterocycles. The van der Waals surface area contributed by atoms with Crippen LogP contribution in [0, 0.1) is 18.3 Å². The molecule has 1 fully saturated rings. The zero-order chi connectivity index (χ0) is 13.3. The van der Waals surface area contributed by atoms with Gasteiger partial charge in [-0.2, -0.15) is 0 Å². The number of nitrogen functional groups attached to an aromatic ring is 1. The molecule has 1 aliphatic heterocycles. The number of hydrogen-bond donors (Lipinski definition) is 2. The smallest absolute Gasteiger partial charge is 0.148 e. The first-order chi connectivity index (χ1) is 8.43. The van der Waals surface area contributed by atoms with Crippen molar-refractivity contribution in [3.63, 3.8) is 0 Å². The molecule has 0 radical (unpaired) electrons. The molecule has 1 aliphatic rings. The van der Waals surface area contributed by atoms with Gasteiger partial charge in [-0.3, -0.25) is 0 Å². The first-order valence-corrected chi connectivity index (χ1v) is 6.46. The average Bonchev–Trinajstić information content (AvgIpc) is 2.78. The van der Waals surface area contributed by atoms with E-state index in [0.717, 1.165) is 24.5 Å². The van der Waals surface area contributed by atoms with Gasteiger partial charge in [-0.05, 0) is 24.7 Å². The number of anilines is 2. The Bertz CT molecular complexity index is 424. The van der Waals surface area contributed by atoms with Crippen LogP contribution in [0.5, 0.6) is 0 Å². The van der Waals surface area contributed by atoms with Gasteiger partial charge in [0.15, 0.2) is 0 Å². The largest absolute Gasteiger partial charge is 0.356 e. The van der Waals surface area contributed by atoms with E-state index in [1.54, 1.807) is 6.33 Å². The Kier molecular flexibility index (Phi) is 3.43. The molecule has 2 rings (SSSR count). The van der Waals surface area contributed by atoms with Gasteiger partial charge >= 0.3 is 0 Å². The summed E-state index contributed by atoms with van der Waals surface area (Å²) in [6.07, 6.45) is 2.79. The minimum absolute atomic E-state index is 0.352. The molecular formula is C13H23N5. The van der Waals surface area contributed by atoms with Crippen molar-refractivity contribution in [3.8, 4) is 0 Å². The van der Waals surface area contributed by atoms with Gasteiger partial charge in [0.2, 0.25) is 0 Å². The quantitative estimate of drug-likeness (QED) is 0.619.